The Labute approximate surface area is 204 Å². The SMILES string of the molecule is CCCSNc1ccc(F)c(C(=O)c2c[nH]c3ncc(-c4ccc(C(=O)NCC)nc4)cc23)c1F. The van der Waals surface area contributed by atoms with Crippen LogP contribution in [0.25, 0.3) is 22.2 Å². The molecule has 0 fully saturated rings. The molecule has 3 N–H and O–H groups in total. The van der Waals surface area contributed by atoms with Gasteiger partial charge < -0.3 is 15.0 Å². The van der Waals surface area contributed by atoms with Gasteiger partial charge >= 0.3 is 0 Å². The molecule has 1 aromatic carbocycles. The maximum atomic E-state index is 15.1. The molecule has 0 bridgehead atoms. The number of carbonyl (C=O) groups is 2. The summed E-state index contributed by atoms with van der Waals surface area (Å²) < 4.78 is 32.5. The van der Waals surface area contributed by atoms with E-state index in [1.807, 2.05) is 13.8 Å². The molecule has 180 valence electrons. The predicted molar refractivity (Wildman–Crippen MR) is 133 cm³/mol. The molecule has 0 aliphatic heterocycles. The number of anilines is 1. The first-order chi connectivity index (χ1) is 16.9. The molecule has 3 heterocycles. The van der Waals surface area contributed by atoms with Gasteiger partial charge in [0, 0.05) is 53.0 Å². The summed E-state index contributed by atoms with van der Waals surface area (Å²) in [6.45, 7) is 4.29. The van der Waals surface area contributed by atoms with Crippen LogP contribution in [0.2, 0.25) is 0 Å². The minimum atomic E-state index is -0.942. The Kier molecular flexibility index (Phi) is 7.40. The summed E-state index contributed by atoms with van der Waals surface area (Å²) in [5.74, 6) is -2.22. The third kappa shape index (κ3) is 5.02. The van der Waals surface area contributed by atoms with Crippen molar-refractivity contribution in [2.45, 2.75) is 20.3 Å². The second-order valence-corrected chi connectivity index (χ2v) is 8.58. The highest BCUT2D eigenvalue weighted by Gasteiger charge is 2.24. The third-order valence-electron chi connectivity index (χ3n) is 5.25. The van der Waals surface area contributed by atoms with E-state index in [-0.39, 0.29) is 22.9 Å². The van der Waals surface area contributed by atoms with Gasteiger partial charge in [0.2, 0.25) is 5.78 Å². The van der Waals surface area contributed by atoms with E-state index in [2.05, 4.69) is 25.0 Å². The van der Waals surface area contributed by atoms with Crippen molar-refractivity contribution in [3.63, 3.8) is 0 Å². The molecular weight excluding hydrogens is 472 g/mol. The summed E-state index contributed by atoms with van der Waals surface area (Å²) >= 11 is 1.28. The van der Waals surface area contributed by atoms with Gasteiger partial charge in [0.15, 0.2) is 5.82 Å². The summed E-state index contributed by atoms with van der Waals surface area (Å²) in [4.78, 5) is 36.6. The van der Waals surface area contributed by atoms with Crippen molar-refractivity contribution in [1.29, 1.82) is 0 Å². The molecule has 0 aliphatic carbocycles. The number of carbonyl (C=O) groups excluding carboxylic acids is 2. The number of halogens is 2. The van der Waals surface area contributed by atoms with E-state index in [1.54, 1.807) is 24.4 Å². The van der Waals surface area contributed by atoms with Crippen molar-refractivity contribution < 1.29 is 18.4 Å². The highest BCUT2D eigenvalue weighted by atomic mass is 32.2. The zero-order valence-electron chi connectivity index (χ0n) is 19.1. The van der Waals surface area contributed by atoms with Crippen LogP contribution in [0.1, 0.15) is 46.7 Å². The molecule has 35 heavy (non-hydrogen) atoms. The quantitative estimate of drug-likeness (QED) is 0.164. The number of H-pyrrole nitrogens is 1. The smallest absolute Gasteiger partial charge is 0.269 e. The summed E-state index contributed by atoms with van der Waals surface area (Å²) in [7, 11) is 0. The van der Waals surface area contributed by atoms with Crippen molar-refractivity contribution in [2.24, 2.45) is 0 Å². The van der Waals surface area contributed by atoms with Gasteiger partial charge in [-0.05, 0) is 37.6 Å². The van der Waals surface area contributed by atoms with Gasteiger partial charge in [-0.2, -0.15) is 0 Å². The van der Waals surface area contributed by atoms with Crippen molar-refractivity contribution in [3.8, 4) is 11.1 Å². The zero-order chi connectivity index (χ0) is 24.9. The number of hydrogen-bond acceptors (Lipinski definition) is 6. The molecule has 4 aromatic rings. The number of nitrogens with one attached hydrogen (secondary N) is 3. The van der Waals surface area contributed by atoms with E-state index in [9.17, 15) is 14.0 Å². The van der Waals surface area contributed by atoms with Gasteiger partial charge in [0.25, 0.3) is 5.91 Å². The van der Waals surface area contributed by atoms with Gasteiger partial charge in [0.1, 0.15) is 17.2 Å². The second kappa shape index (κ2) is 10.6. The number of aromatic nitrogens is 3. The standard InChI is InChI=1S/C25H23F2N5O2S/c1-3-9-35-32-19-8-6-18(26)21(22(19)27)23(33)17-13-31-24-16(17)10-15(12-30-24)14-5-7-20(29-11-14)25(34)28-4-2/h5-8,10-13,32H,3-4,9H2,1-2H3,(H,28,34)(H,30,31). The van der Waals surface area contributed by atoms with Gasteiger partial charge in [-0.1, -0.05) is 24.9 Å². The topological polar surface area (TPSA) is 99.8 Å². The van der Waals surface area contributed by atoms with Gasteiger partial charge in [0.05, 0.1) is 11.3 Å². The van der Waals surface area contributed by atoms with Crippen LogP contribution in [-0.2, 0) is 0 Å². The van der Waals surface area contributed by atoms with Crippen LogP contribution in [0, 0.1) is 11.6 Å². The van der Waals surface area contributed by atoms with Gasteiger partial charge in [-0.15, -0.1) is 0 Å². The third-order valence-corrected chi connectivity index (χ3v) is 6.23. The average Bonchev–Trinajstić information content (AvgIpc) is 3.29. The normalized spacial score (nSPS) is 11.0. The van der Waals surface area contributed by atoms with Crippen LogP contribution in [-0.4, -0.2) is 38.9 Å². The molecule has 0 saturated heterocycles. The molecule has 0 atom stereocenters. The van der Waals surface area contributed by atoms with Crippen LogP contribution < -0.4 is 10.0 Å². The Bertz CT molecular complexity index is 1390. The minimum Gasteiger partial charge on any atom is -0.351 e. The number of hydrogen-bond donors (Lipinski definition) is 3. The number of rotatable bonds is 9. The lowest BCUT2D eigenvalue weighted by molar-refractivity contribution is 0.0950. The highest BCUT2D eigenvalue weighted by molar-refractivity contribution is 8.00. The number of benzene rings is 1. The van der Waals surface area contributed by atoms with E-state index in [0.29, 0.717) is 28.7 Å². The first-order valence-corrected chi connectivity index (χ1v) is 12.0. The Morgan fingerprint density at radius 2 is 1.86 bits per heavy atom. The molecule has 0 saturated carbocycles. The molecule has 1 amide bonds. The fourth-order valence-corrected chi connectivity index (χ4v) is 4.12. The molecule has 0 unspecified atom stereocenters. The first-order valence-electron chi connectivity index (χ1n) is 11.1. The molecule has 0 radical (unpaired) electrons. The van der Waals surface area contributed by atoms with Crippen molar-refractivity contribution >= 4 is 40.4 Å². The summed E-state index contributed by atoms with van der Waals surface area (Å²) in [5.41, 5.74) is 1.49. The second-order valence-electron chi connectivity index (χ2n) is 7.68. The fourth-order valence-electron chi connectivity index (χ4n) is 3.50. The van der Waals surface area contributed by atoms with Crippen LogP contribution in [0.15, 0.2) is 48.9 Å². The fraction of sp³-hybridized carbons (Fsp3) is 0.200. The molecule has 10 heteroatoms. The Morgan fingerprint density at radius 1 is 1.06 bits per heavy atom. The lowest BCUT2D eigenvalue weighted by Gasteiger charge is -2.10. The maximum absolute atomic E-state index is 15.1. The molecule has 4 rings (SSSR count). The number of aromatic amines is 1. The van der Waals surface area contributed by atoms with E-state index in [4.69, 9.17) is 0 Å². The van der Waals surface area contributed by atoms with E-state index in [0.717, 1.165) is 18.2 Å². The lowest BCUT2D eigenvalue weighted by atomic mass is 10.00. The Morgan fingerprint density at radius 3 is 2.57 bits per heavy atom. The summed E-state index contributed by atoms with van der Waals surface area (Å²) in [5, 5.41) is 3.10. The van der Waals surface area contributed by atoms with Crippen LogP contribution in [0.4, 0.5) is 14.5 Å². The monoisotopic (exact) mass is 495 g/mol. The van der Waals surface area contributed by atoms with Gasteiger partial charge in [-0.25, -0.2) is 13.8 Å². The lowest BCUT2D eigenvalue weighted by Crippen LogP contribution is -2.23. The summed E-state index contributed by atoms with van der Waals surface area (Å²) in [6, 6.07) is 7.36. The molecular formula is C25H23F2N5O2S. The molecule has 0 spiro atoms. The number of fused-ring (bicyclic) bond motifs is 1. The molecule has 7 nitrogen and oxygen atoms in total. The van der Waals surface area contributed by atoms with Crippen molar-refractivity contribution in [3.05, 3.63) is 77.4 Å². The summed E-state index contributed by atoms with van der Waals surface area (Å²) in [6.07, 6.45) is 5.39. The maximum Gasteiger partial charge on any atom is 0.269 e. The zero-order valence-corrected chi connectivity index (χ0v) is 19.9. The minimum absolute atomic E-state index is 0.0464. The number of nitrogens with zero attached hydrogens (tertiary/aromatic N) is 2. The van der Waals surface area contributed by atoms with Crippen molar-refractivity contribution in [2.75, 3.05) is 17.0 Å². The number of ketones is 1. The van der Waals surface area contributed by atoms with E-state index >= 15 is 4.39 Å². The van der Waals surface area contributed by atoms with Crippen LogP contribution in [0.3, 0.4) is 0 Å². The average molecular weight is 496 g/mol. The number of pyridine rings is 2. The van der Waals surface area contributed by atoms with Crippen LogP contribution in [0.5, 0.6) is 0 Å². The predicted octanol–water partition coefficient (Wildman–Crippen LogP) is 5.35. The largest absolute Gasteiger partial charge is 0.351 e. The Hall–Kier alpha value is -3.79. The van der Waals surface area contributed by atoms with E-state index in [1.165, 1.54) is 30.4 Å². The van der Waals surface area contributed by atoms with E-state index < -0.39 is 23.0 Å². The molecule has 0 aliphatic rings. The Balaban J connectivity index is 1.69. The number of amides is 1. The van der Waals surface area contributed by atoms with Crippen LogP contribution >= 0.6 is 11.9 Å². The first kappa shape index (κ1) is 24.3. The van der Waals surface area contributed by atoms with Crippen molar-refractivity contribution in [1.82, 2.24) is 20.3 Å². The highest BCUT2D eigenvalue weighted by Crippen LogP contribution is 2.30. The molecule has 3 aromatic heterocycles. The van der Waals surface area contributed by atoms with Gasteiger partial charge in [-0.3, -0.25) is 14.6 Å².